The number of amides is 2. The molecule has 1 aromatic heterocycles. The van der Waals surface area contributed by atoms with Gasteiger partial charge in [0.05, 0.1) is 17.6 Å². The van der Waals surface area contributed by atoms with Gasteiger partial charge in [-0.05, 0) is 44.4 Å². The first-order valence-corrected chi connectivity index (χ1v) is 12.4. The van der Waals surface area contributed by atoms with Crippen molar-refractivity contribution >= 4 is 22.6 Å². The van der Waals surface area contributed by atoms with Gasteiger partial charge in [0, 0.05) is 44.2 Å². The van der Waals surface area contributed by atoms with E-state index in [1.54, 1.807) is 35.2 Å². The zero-order chi connectivity index (χ0) is 24.4. The van der Waals surface area contributed by atoms with Crippen molar-refractivity contribution in [3.63, 3.8) is 0 Å². The van der Waals surface area contributed by atoms with Crippen molar-refractivity contribution in [2.45, 2.75) is 32.2 Å². The Hall–Kier alpha value is -3.52. The summed E-state index contributed by atoms with van der Waals surface area (Å²) in [5.41, 5.74) is 0.641. The van der Waals surface area contributed by atoms with Gasteiger partial charge in [-0.15, -0.1) is 0 Å². The number of fused-ring (bicyclic) bond motifs is 1. The first kappa shape index (κ1) is 23.2. The number of likely N-dealkylation sites (tertiary alicyclic amines) is 1. The molecule has 2 saturated heterocycles. The molecule has 0 saturated carbocycles. The lowest BCUT2D eigenvalue weighted by atomic mass is 10.0. The van der Waals surface area contributed by atoms with E-state index in [0.717, 1.165) is 19.4 Å². The number of piperazine rings is 1. The van der Waals surface area contributed by atoms with Crippen molar-refractivity contribution in [1.29, 1.82) is 0 Å². The van der Waals surface area contributed by atoms with Gasteiger partial charge in [-0.3, -0.25) is 19.3 Å². The number of hydrogen-bond donors (Lipinski definition) is 0. The number of carbonyl (C=O) groups is 2. The molecule has 2 aliphatic heterocycles. The van der Waals surface area contributed by atoms with Gasteiger partial charge < -0.3 is 9.80 Å². The molecule has 35 heavy (non-hydrogen) atoms. The molecule has 2 aliphatic rings. The molecule has 3 aromatic rings. The molecule has 0 radical (unpaired) electrons. The lowest BCUT2D eigenvalue weighted by Crippen LogP contribution is -2.53. The highest BCUT2D eigenvalue weighted by Gasteiger charge is 2.29. The second-order valence-electron chi connectivity index (χ2n) is 9.45. The SMILES string of the molecule is CC1CCCCN1C(=O)CN1CCN(C(=O)c2nn(-c3ccccc3)c(=O)c3ccccc23)CC1. The van der Waals surface area contributed by atoms with Gasteiger partial charge in [0.1, 0.15) is 0 Å². The van der Waals surface area contributed by atoms with E-state index in [2.05, 4.69) is 16.9 Å². The molecule has 2 amide bonds. The maximum atomic E-state index is 13.6. The standard InChI is InChI=1S/C27H31N5O3/c1-20-9-7-8-14-31(20)24(33)19-29-15-17-30(18-16-29)27(35)25-22-12-5-6-13-23(22)26(34)32(28-25)21-10-3-2-4-11-21/h2-6,10-13,20H,7-9,14-19H2,1H3. The number of para-hydroxylation sites is 1. The van der Waals surface area contributed by atoms with Gasteiger partial charge in [-0.1, -0.05) is 36.4 Å². The first-order chi connectivity index (χ1) is 17.0. The Morgan fingerprint density at radius 3 is 2.29 bits per heavy atom. The van der Waals surface area contributed by atoms with Crippen LogP contribution in [-0.4, -0.2) is 81.6 Å². The van der Waals surface area contributed by atoms with E-state index in [4.69, 9.17) is 0 Å². The van der Waals surface area contributed by atoms with Crippen LogP contribution in [0.1, 0.15) is 36.7 Å². The number of piperidine rings is 1. The third kappa shape index (κ3) is 4.71. The van der Waals surface area contributed by atoms with Crippen LogP contribution in [0, 0.1) is 0 Å². The molecule has 1 atom stereocenters. The zero-order valence-electron chi connectivity index (χ0n) is 20.1. The van der Waals surface area contributed by atoms with E-state index in [1.807, 2.05) is 29.2 Å². The second-order valence-corrected chi connectivity index (χ2v) is 9.45. The van der Waals surface area contributed by atoms with Crippen molar-refractivity contribution in [3.05, 3.63) is 70.6 Å². The molecular weight excluding hydrogens is 442 g/mol. The van der Waals surface area contributed by atoms with Crippen LogP contribution in [-0.2, 0) is 4.79 Å². The van der Waals surface area contributed by atoms with E-state index >= 15 is 0 Å². The van der Waals surface area contributed by atoms with Crippen LogP contribution in [0.3, 0.4) is 0 Å². The zero-order valence-corrected chi connectivity index (χ0v) is 20.1. The van der Waals surface area contributed by atoms with Gasteiger partial charge >= 0.3 is 0 Å². The average Bonchev–Trinajstić information content (AvgIpc) is 2.90. The minimum Gasteiger partial charge on any atom is -0.339 e. The van der Waals surface area contributed by atoms with Gasteiger partial charge in [-0.2, -0.15) is 9.78 Å². The van der Waals surface area contributed by atoms with Crippen molar-refractivity contribution < 1.29 is 9.59 Å². The summed E-state index contributed by atoms with van der Waals surface area (Å²) < 4.78 is 1.31. The molecule has 182 valence electrons. The van der Waals surface area contributed by atoms with E-state index in [1.165, 1.54) is 11.1 Å². The Kier molecular flexibility index (Phi) is 6.63. The van der Waals surface area contributed by atoms with Gasteiger partial charge in [0.25, 0.3) is 11.5 Å². The predicted molar refractivity (Wildman–Crippen MR) is 135 cm³/mol. The van der Waals surface area contributed by atoms with Crippen LogP contribution >= 0.6 is 0 Å². The summed E-state index contributed by atoms with van der Waals surface area (Å²) in [6.45, 7) is 5.66. The lowest BCUT2D eigenvalue weighted by Gasteiger charge is -2.38. The molecule has 8 nitrogen and oxygen atoms in total. The highest BCUT2D eigenvalue weighted by molar-refractivity contribution is 6.04. The molecular formula is C27H31N5O3. The number of aromatic nitrogens is 2. The van der Waals surface area contributed by atoms with Gasteiger partial charge in [0.15, 0.2) is 5.69 Å². The minimum atomic E-state index is -0.251. The summed E-state index contributed by atoms with van der Waals surface area (Å²) in [5, 5.41) is 5.55. The highest BCUT2D eigenvalue weighted by atomic mass is 16.2. The van der Waals surface area contributed by atoms with E-state index in [9.17, 15) is 14.4 Å². The molecule has 8 heteroatoms. The maximum absolute atomic E-state index is 13.6. The largest absolute Gasteiger partial charge is 0.339 e. The van der Waals surface area contributed by atoms with Crippen molar-refractivity contribution in [2.24, 2.45) is 0 Å². The summed E-state index contributed by atoms with van der Waals surface area (Å²) in [7, 11) is 0. The monoisotopic (exact) mass is 473 g/mol. The maximum Gasteiger partial charge on any atom is 0.279 e. The Morgan fingerprint density at radius 2 is 1.57 bits per heavy atom. The Labute approximate surface area is 204 Å². The smallest absolute Gasteiger partial charge is 0.279 e. The van der Waals surface area contributed by atoms with Crippen LogP contribution in [0.4, 0.5) is 0 Å². The summed E-state index contributed by atoms with van der Waals surface area (Å²) >= 11 is 0. The Bertz CT molecular complexity index is 1280. The molecule has 3 heterocycles. The molecule has 2 fully saturated rings. The summed E-state index contributed by atoms with van der Waals surface area (Å²) in [6.07, 6.45) is 3.33. The molecule has 5 rings (SSSR count). The number of benzene rings is 2. The quantitative estimate of drug-likeness (QED) is 0.582. The topological polar surface area (TPSA) is 78.8 Å². The highest BCUT2D eigenvalue weighted by Crippen LogP contribution is 2.19. The fourth-order valence-corrected chi connectivity index (χ4v) is 5.10. The Balaban J connectivity index is 1.33. The molecule has 2 aromatic carbocycles. The van der Waals surface area contributed by atoms with E-state index in [0.29, 0.717) is 55.2 Å². The number of nitrogens with zero attached hydrogens (tertiary/aromatic N) is 5. The molecule has 0 spiro atoms. The number of hydrogen-bond acceptors (Lipinski definition) is 5. The van der Waals surface area contributed by atoms with Crippen molar-refractivity contribution in [1.82, 2.24) is 24.5 Å². The normalized spacial score (nSPS) is 19.2. The van der Waals surface area contributed by atoms with Gasteiger partial charge in [-0.25, -0.2) is 0 Å². The fraction of sp³-hybridized carbons (Fsp3) is 0.407. The van der Waals surface area contributed by atoms with Crippen molar-refractivity contribution in [3.8, 4) is 5.69 Å². The fourth-order valence-electron chi connectivity index (χ4n) is 5.10. The van der Waals surface area contributed by atoms with Crippen LogP contribution in [0.25, 0.3) is 16.5 Å². The van der Waals surface area contributed by atoms with Crippen LogP contribution in [0.15, 0.2) is 59.4 Å². The predicted octanol–water partition coefficient (Wildman–Crippen LogP) is 2.54. The third-order valence-electron chi connectivity index (χ3n) is 7.15. The lowest BCUT2D eigenvalue weighted by molar-refractivity contribution is -0.136. The third-order valence-corrected chi connectivity index (χ3v) is 7.15. The van der Waals surface area contributed by atoms with E-state index in [-0.39, 0.29) is 23.1 Å². The Morgan fingerprint density at radius 1 is 0.886 bits per heavy atom. The molecule has 0 aliphatic carbocycles. The van der Waals surface area contributed by atoms with E-state index < -0.39 is 0 Å². The summed E-state index contributed by atoms with van der Waals surface area (Å²) in [5.74, 6) is -0.0129. The van der Waals surface area contributed by atoms with Gasteiger partial charge in [0.2, 0.25) is 5.91 Å². The summed E-state index contributed by atoms with van der Waals surface area (Å²) in [4.78, 5) is 45.4. The molecule has 1 unspecified atom stereocenters. The molecule has 0 bridgehead atoms. The minimum absolute atomic E-state index is 0.180. The number of rotatable bonds is 4. The molecule has 0 N–H and O–H groups in total. The summed E-state index contributed by atoms with van der Waals surface area (Å²) in [6, 6.07) is 16.6. The first-order valence-electron chi connectivity index (χ1n) is 12.4. The number of carbonyl (C=O) groups excluding carboxylic acids is 2. The van der Waals surface area contributed by atoms with Crippen LogP contribution < -0.4 is 5.56 Å². The van der Waals surface area contributed by atoms with Crippen LogP contribution in [0.2, 0.25) is 0 Å². The van der Waals surface area contributed by atoms with Crippen molar-refractivity contribution in [2.75, 3.05) is 39.3 Å². The second kappa shape index (κ2) is 10.00. The van der Waals surface area contributed by atoms with Crippen LogP contribution in [0.5, 0.6) is 0 Å². The average molecular weight is 474 g/mol.